The predicted octanol–water partition coefficient (Wildman–Crippen LogP) is 3.72. The Bertz CT molecular complexity index is 287. The van der Waals surface area contributed by atoms with Gasteiger partial charge in [0.1, 0.15) is 0 Å². The molecule has 0 aromatic carbocycles. The van der Waals surface area contributed by atoms with Gasteiger partial charge in [0.15, 0.2) is 6.10 Å². The lowest BCUT2D eigenvalue weighted by molar-refractivity contribution is -0.214. The van der Waals surface area contributed by atoms with Crippen LogP contribution in [0.4, 0.5) is 13.2 Å². The molecule has 2 atom stereocenters. The molecule has 1 rings (SSSR count). The number of halogens is 3. The van der Waals surface area contributed by atoms with Crippen molar-refractivity contribution >= 4 is 7.60 Å². The Morgan fingerprint density at radius 2 is 1.88 bits per heavy atom. The first kappa shape index (κ1) is 15.0. The molecular formula is C10H18F3O3P. The van der Waals surface area contributed by atoms with Crippen LogP contribution >= 0.6 is 7.60 Å². The van der Waals surface area contributed by atoms with E-state index in [4.69, 9.17) is 0 Å². The van der Waals surface area contributed by atoms with E-state index in [9.17, 15) is 22.6 Å². The molecule has 0 aliphatic heterocycles. The summed E-state index contributed by atoms with van der Waals surface area (Å²) in [7, 11) is -4.11. The summed E-state index contributed by atoms with van der Waals surface area (Å²) in [6, 6.07) is 0. The SMILES string of the molecule is CCP(=O)(O)OC(C1CCCCC1)C(F)(F)F. The minimum atomic E-state index is -4.57. The first-order valence-corrected chi connectivity index (χ1v) is 7.59. The third kappa shape index (κ3) is 4.60. The van der Waals surface area contributed by atoms with Gasteiger partial charge in [-0.05, 0) is 18.8 Å². The summed E-state index contributed by atoms with van der Waals surface area (Å²) in [5.74, 6) is -0.684. The average Bonchev–Trinajstić information content (AvgIpc) is 2.26. The topological polar surface area (TPSA) is 46.5 Å². The Balaban J connectivity index is 2.77. The molecular weight excluding hydrogens is 256 g/mol. The van der Waals surface area contributed by atoms with Crippen molar-refractivity contribution in [3.05, 3.63) is 0 Å². The number of rotatable bonds is 4. The predicted molar refractivity (Wildman–Crippen MR) is 57.9 cm³/mol. The van der Waals surface area contributed by atoms with E-state index in [2.05, 4.69) is 4.52 Å². The molecule has 0 aromatic heterocycles. The maximum Gasteiger partial charge on any atom is 0.415 e. The van der Waals surface area contributed by atoms with Gasteiger partial charge >= 0.3 is 13.8 Å². The quantitative estimate of drug-likeness (QED) is 0.795. The van der Waals surface area contributed by atoms with E-state index in [-0.39, 0.29) is 6.16 Å². The summed E-state index contributed by atoms with van der Waals surface area (Å²) in [5.41, 5.74) is 0. The van der Waals surface area contributed by atoms with Gasteiger partial charge in [-0.1, -0.05) is 26.2 Å². The second-order valence-electron chi connectivity index (χ2n) is 4.42. The van der Waals surface area contributed by atoms with E-state index in [1.165, 1.54) is 6.92 Å². The number of alkyl halides is 3. The van der Waals surface area contributed by atoms with Crippen LogP contribution in [0.3, 0.4) is 0 Å². The average molecular weight is 274 g/mol. The van der Waals surface area contributed by atoms with Gasteiger partial charge in [-0.3, -0.25) is 9.09 Å². The molecule has 1 aliphatic rings. The molecule has 0 radical (unpaired) electrons. The van der Waals surface area contributed by atoms with Gasteiger partial charge in [0.05, 0.1) is 0 Å². The van der Waals surface area contributed by atoms with Crippen molar-refractivity contribution in [2.24, 2.45) is 5.92 Å². The molecule has 0 bridgehead atoms. The van der Waals surface area contributed by atoms with E-state index in [1.807, 2.05) is 0 Å². The first-order valence-electron chi connectivity index (χ1n) is 5.83. The zero-order valence-electron chi connectivity index (χ0n) is 9.74. The van der Waals surface area contributed by atoms with Crippen LogP contribution in [0.25, 0.3) is 0 Å². The van der Waals surface area contributed by atoms with Crippen molar-refractivity contribution in [2.45, 2.75) is 51.3 Å². The third-order valence-corrected chi connectivity index (χ3v) is 4.43. The van der Waals surface area contributed by atoms with Crippen LogP contribution in [0.1, 0.15) is 39.0 Å². The molecule has 1 aliphatic carbocycles. The molecule has 1 fully saturated rings. The molecule has 3 nitrogen and oxygen atoms in total. The van der Waals surface area contributed by atoms with E-state index >= 15 is 0 Å². The fraction of sp³-hybridized carbons (Fsp3) is 1.00. The molecule has 2 unspecified atom stereocenters. The maximum absolute atomic E-state index is 12.8. The van der Waals surface area contributed by atoms with Crippen molar-refractivity contribution in [3.63, 3.8) is 0 Å². The second kappa shape index (κ2) is 5.72. The highest BCUT2D eigenvalue weighted by molar-refractivity contribution is 7.52. The zero-order valence-corrected chi connectivity index (χ0v) is 10.6. The van der Waals surface area contributed by atoms with Gasteiger partial charge in [0, 0.05) is 6.16 Å². The minimum absolute atomic E-state index is 0.299. The summed E-state index contributed by atoms with van der Waals surface area (Å²) < 4.78 is 54.2. The molecule has 0 heterocycles. The van der Waals surface area contributed by atoms with E-state index in [0.717, 1.165) is 19.3 Å². The van der Waals surface area contributed by atoms with Crippen molar-refractivity contribution < 1.29 is 27.2 Å². The monoisotopic (exact) mass is 274 g/mol. The first-order chi connectivity index (χ1) is 7.76. The highest BCUT2D eigenvalue weighted by atomic mass is 31.2. The van der Waals surface area contributed by atoms with Crippen molar-refractivity contribution in [1.29, 1.82) is 0 Å². The Kier molecular flexibility index (Phi) is 5.05. The largest absolute Gasteiger partial charge is 0.415 e. The number of hydrogen-bond acceptors (Lipinski definition) is 2. The lowest BCUT2D eigenvalue weighted by Gasteiger charge is -2.32. The molecule has 102 valence electrons. The van der Waals surface area contributed by atoms with Crippen LogP contribution in [-0.4, -0.2) is 23.3 Å². The molecule has 1 saturated carbocycles. The standard InChI is InChI=1S/C10H18F3O3P/c1-2-17(14,15)16-9(10(11,12)13)8-6-4-3-5-7-8/h8-9H,2-7H2,1H3,(H,14,15). The van der Waals surface area contributed by atoms with Crippen molar-refractivity contribution in [2.75, 3.05) is 6.16 Å². The Morgan fingerprint density at radius 3 is 2.29 bits per heavy atom. The number of hydrogen-bond donors (Lipinski definition) is 1. The lowest BCUT2D eigenvalue weighted by Crippen LogP contribution is -2.39. The van der Waals surface area contributed by atoms with Gasteiger partial charge in [-0.25, -0.2) is 0 Å². The molecule has 1 N–H and O–H groups in total. The van der Waals surface area contributed by atoms with Crippen LogP contribution in [0.2, 0.25) is 0 Å². The van der Waals surface area contributed by atoms with Crippen LogP contribution in [-0.2, 0) is 9.09 Å². The highest BCUT2D eigenvalue weighted by Gasteiger charge is 2.48. The molecule has 0 aromatic rings. The molecule has 0 amide bonds. The van der Waals surface area contributed by atoms with Crippen molar-refractivity contribution in [3.8, 4) is 0 Å². The van der Waals surface area contributed by atoms with Crippen molar-refractivity contribution in [1.82, 2.24) is 0 Å². The Morgan fingerprint density at radius 1 is 1.35 bits per heavy atom. The minimum Gasteiger partial charge on any atom is -0.324 e. The molecule has 17 heavy (non-hydrogen) atoms. The van der Waals surface area contributed by atoms with E-state index in [1.54, 1.807) is 0 Å². The van der Waals surface area contributed by atoms with Gasteiger partial charge in [0.25, 0.3) is 0 Å². The summed E-state index contributed by atoms with van der Waals surface area (Å²) in [4.78, 5) is 9.22. The van der Waals surface area contributed by atoms with E-state index < -0.39 is 25.8 Å². The third-order valence-electron chi connectivity index (χ3n) is 3.08. The molecule has 0 spiro atoms. The molecule has 0 saturated heterocycles. The van der Waals surface area contributed by atoms with Crippen LogP contribution < -0.4 is 0 Å². The fourth-order valence-corrected chi connectivity index (χ4v) is 2.90. The smallest absolute Gasteiger partial charge is 0.324 e. The van der Waals surface area contributed by atoms with Crippen LogP contribution in [0.15, 0.2) is 0 Å². The van der Waals surface area contributed by atoms with Crippen LogP contribution in [0.5, 0.6) is 0 Å². The maximum atomic E-state index is 12.8. The molecule has 7 heteroatoms. The summed E-state index contributed by atoms with van der Waals surface area (Å²) in [6.07, 6.45) is -3.78. The van der Waals surface area contributed by atoms with Gasteiger partial charge in [-0.2, -0.15) is 13.2 Å². The summed E-state index contributed by atoms with van der Waals surface area (Å²) in [6.45, 7) is 1.34. The normalized spacial score (nSPS) is 24.3. The Hall–Kier alpha value is -0.0600. The summed E-state index contributed by atoms with van der Waals surface area (Å²) in [5, 5.41) is 0. The lowest BCUT2D eigenvalue weighted by atomic mass is 9.85. The van der Waals surface area contributed by atoms with Gasteiger partial charge in [0.2, 0.25) is 0 Å². The summed E-state index contributed by atoms with van der Waals surface area (Å²) >= 11 is 0. The Labute approximate surface area is 98.9 Å². The highest BCUT2D eigenvalue weighted by Crippen LogP contribution is 2.49. The fourth-order valence-electron chi connectivity index (χ4n) is 2.10. The van der Waals surface area contributed by atoms with Crippen LogP contribution in [0, 0.1) is 5.92 Å². The zero-order chi connectivity index (χ0) is 13.1. The van der Waals surface area contributed by atoms with E-state index in [0.29, 0.717) is 12.8 Å². The van der Waals surface area contributed by atoms with Gasteiger partial charge in [-0.15, -0.1) is 0 Å². The van der Waals surface area contributed by atoms with Gasteiger partial charge < -0.3 is 4.89 Å². The second-order valence-corrected chi connectivity index (χ2v) is 6.54.